The van der Waals surface area contributed by atoms with Gasteiger partial charge >= 0.3 is 0 Å². The first-order valence-electron chi connectivity index (χ1n) is 16.2. The first kappa shape index (κ1) is 36.6. The molecule has 0 aliphatic rings. The number of aryl methyl sites for hydroxylation is 1. The molecule has 39 heavy (non-hydrogen) atoms. The summed E-state index contributed by atoms with van der Waals surface area (Å²) in [6.45, 7) is 17.9. The molecular formula is C34H63O3PS. The van der Waals surface area contributed by atoms with E-state index in [0.717, 1.165) is 37.4 Å². The molecule has 0 heterocycles. The number of rotatable bonds is 23. The molecule has 0 radical (unpaired) electrons. The molecule has 0 spiro atoms. The monoisotopic (exact) mass is 582 g/mol. The van der Waals surface area contributed by atoms with E-state index in [9.17, 15) is 8.42 Å². The Morgan fingerprint density at radius 2 is 1.05 bits per heavy atom. The van der Waals surface area contributed by atoms with Crippen LogP contribution >= 0.6 is 8.15 Å². The van der Waals surface area contributed by atoms with E-state index in [4.69, 9.17) is 3.97 Å². The lowest BCUT2D eigenvalue weighted by Crippen LogP contribution is -2.35. The van der Waals surface area contributed by atoms with Crippen LogP contribution in [0.4, 0.5) is 0 Å². The molecule has 1 unspecified atom stereocenters. The second kappa shape index (κ2) is 19.6. The van der Waals surface area contributed by atoms with Gasteiger partial charge in [0.2, 0.25) is 0 Å². The standard InChI is InChI=1S/C34H63O3PS/c1-9-10-11-12-13-14-15-16-17-18-19-20-25-38(37-39(35,36)33-23-21-32(8)22-24-33)34(26-29(2)3,27-30(4)5)28-31(6)7/h21-24,29-31H,9-20,25-28H2,1-8H3. The Labute approximate surface area is 245 Å². The molecule has 1 aromatic carbocycles. The molecule has 0 bridgehead atoms. The average Bonchev–Trinajstić information content (AvgIpc) is 2.82. The van der Waals surface area contributed by atoms with Crippen LogP contribution in [0.15, 0.2) is 29.2 Å². The topological polar surface area (TPSA) is 43.4 Å². The zero-order valence-electron chi connectivity index (χ0n) is 26.9. The van der Waals surface area contributed by atoms with Crippen molar-refractivity contribution >= 4 is 18.3 Å². The van der Waals surface area contributed by atoms with E-state index < -0.39 is 18.3 Å². The summed E-state index contributed by atoms with van der Waals surface area (Å²) in [4.78, 5) is 0.294. The van der Waals surface area contributed by atoms with Gasteiger partial charge in [-0.15, -0.1) is 0 Å². The van der Waals surface area contributed by atoms with Crippen LogP contribution in [0.3, 0.4) is 0 Å². The predicted octanol–water partition coefficient (Wildman–Crippen LogP) is 11.7. The van der Waals surface area contributed by atoms with Crippen molar-refractivity contribution in [3.05, 3.63) is 29.8 Å². The van der Waals surface area contributed by atoms with Gasteiger partial charge in [-0.2, -0.15) is 8.42 Å². The molecule has 0 aliphatic heterocycles. The largest absolute Gasteiger partial charge is 0.299 e. The third-order valence-corrected chi connectivity index (χ3v) is 12.3. The van der Waals surface area contributed by atoms with Gasteiger partial charge in [0.25, 0.3) is 10.1 Å². The molecule has 0 saturated carbocycles. The Morgan fingerprint density at radius 3 is 1.44 bits per heavy atom. The van der Waals surface area contributed by atoms with Crippen molar-refractivity contribution in [2.75, 3.05) is 6.16 Å². The van der Waals surface area contributed by atoms with Gasteiger partial charge in [-0.25, -0.2) is 3.97 Å². The highest BCUT2D eigenvalue weighted by molar-refractivity contribution is 7.91. The highest BCUT2D eigenvalue weighted by Gasteiger charge is 2.43. The Balaban J connectivity index is 2.92. The summed E-state index contributed by atoms with van der Waals surface area (Å²) in [5.41, 5.74) is 1.06. The molecule has 228 valence electrons. The molecule has 0 saturated heterocycles. The summed E-state index contributed by atoms with van der Waals surface area (Å²) >= 11 is 0. The predicted molar refractivity (Wildman–Crippen MR) is 173 cm³/mol. The Morgan fingerprint density at radius 1 is 0.667 bits per heavy atom. The second-order valence-corrected chi connectivity index (χ2v) is 17.5. The maximum absolute atomic E-state index is 13.6. The Kier molecular flexibility index (Phi) is 18.4. The van der Waals surface area contributed by atoms with E-state index in [0.29, 0.717) is 22.6 Å². The summed E-state index contributed by atoms with van der Waals surface area (Å²) in [6.07, 6.45) is 19.7. The Hall–Kier alpha value is -0.440. The zero-order valence-corrected chi connectivity index (χ0v) is 28.6. The number of hydrogen-bond acceptors (Lipinski definition) is 3. The summed E-state index contributed by atoms with van der Waals surface area (Å²) < 4.78 is 33.5. The van der Waals surface area contributed by atoms with Crippen molar-refractivity contribution in [2.45, 2.75) is 162 Å². The van der Waals surface area contributed by atoms with Crippen LogP contribution in [0.25, 0.3) is 0 Å². The molecule has 0 N–H and O–H groups in total. The molecule has 0 fully saturated rings. The van der Waals surface area contributed by atoms with E-state index in [1.54, 1.807) is 12.1 Å². The van der Waals surface area contributed by atoms with E-state index >= 15 is 0 Å². The van der Waals surface area contributed by atoms with Crippen LogP contribution in [-0.2, 0) is 14.1 Å². The van der Waals surface area contributed by atoms with Crippen molar-refractivity contribution in [2.24, 2.45) is 17.8 Å². The normalized spacial score (nSPS) is 13.6. The molecule has 0 aromatic heterocycles. The van der Waals surface area contributed by atoms with Gasteiger partial charge in [0.1, 0.15) is 0 Å². The maximum Gasteiger partial charge on any atom is 0.299 e. The van der Waals surface area contributed by atoms with Crippen LogP contribution in [0, 0.1) is 24.7 Å². The van der Waals surface area contributed by atoms with Gasteiger partial charge in [0, 0.05) is 5.16 Å². The van der Waals surface area contributed by atoms with E-state index in [2.05, 4.69) is 48.5 Å². The van der Waals surface area contributed by atoms with Crippen LogP contribution in [-0.4, -0.2) is 19.7 Å². The number of benzene rings is 1. The molecule has 0 aliphatic carbocycles. The molecule has 1 aromatic rings. The highest BCUT2D eigenvalue weighted by Crippen LogP contribution is 2.61. The third kappa shape index (κ3) is 15.4. The quantitative estimate of drug-likeness (QED) is 0.0952. The molecular weight excluding hydrogens is 519 g/mol. The lowest BCUT2D eigenvalue weighted by molar-refractivity contribution is 0.309. The van der Waals surface area contributed by atoms with Gasteiger partial charge in [0.15, 0.2) is 0 Å². The van der Waals surface area contributed by atoms with Crippen molar-refractivity contribution < 1.29 is 12.4 Å². The molecule has 3 nitrogen and oxygen atoms in total. The highest BCUT2D eigenvalue weighted by atomic mass is 32.2. The van der Waals surface area contributed by atoms with Gasteiger partial charge in [-0.3, -0.25) is 0 Å². The zero-order chi connectivity index (χ0) is 29.3. The lowest BCUT2D eigenvalue weighted by Gasteiger charge is -2.44. The van der Waals surface area contributed by atoms with Gasteiger partial charge in [-0.1, -0.05) is 137 Å². The minimum Gasteiger partial charge on any atom is -0.243 e. The molecule has 0 amide bonds. The fraction of sp³-hybridized carbons (Fsp3) is 0.824. The maximum atomic E-state index is 13.6. The number of hydrogen-bond donors (Lipinski definition) is 0. The lowest BCUT2D eigenvalue weighted by atomic mass is 9.82. The summed E-state index contributed by atoms with van der Waals surface area (Å²) in [5, 5.41) is -0.0820. The first-order chi connectivity index (χ1) is 18.4. The minimum absolute atomic E-state index is 0.0820. The van der Waals surface area contributed by atoms with E-state index in [1.807, 2.05) is 19.1 Å². The third-order valence-electron chi connectivity index (χ3n) is 7.61. The Bertz CT molecular complexity index is 819. The summed E-state index contributed by atoms with van der Waals surface area (Å²) in [5.74, 6) is 1.50. The smallest absolute Gasteiger partial charge is 0.243 e. The van der Waals surface area contributed by atoms with Crippen LogP contribution < -0.4 is 0 Å². The van der Waals surface area contributed by atoms with Crippen LogP contribution in [0.1, 0.15) is 150 Å². The number of unbranched alkanes of at least 4 members (excludes halogenated alkanes) is 11. The van der Waals surface area contributed by atoms with Crippen LogP contribution in [0.2, 0.25) is 0 Å². The minimum atomic E-state index is -3.80. The SMILES string of the molecule is CCCCCCCCCCCCCCP(OS(=O)(=O)c1ccc(C)cc1)C(CC(C)C)(CC(C)C)CC(C)C. The van der Waals surface area contributed by atoms with E-state index in [-0.39, 0.29) is 5.16 Å². The average molecular weight is 583 g/mol. The van der Waals surface area contributed by atoms with Crippen LogP contribution in [0.5, 0.6) is 0 Å². The fourth-order valence-electron chi connectivity index (χ4n) is 6.15. The van der Waals surface area contributed by atoms with Gasteiger partial charge in [0.05, 0.1) is 13.0 Å². The molecule has 5 heteroatoms. The fourth-order valence-corrected chi connectivity index (χ4v) is 11.5. The van der Waals surface area contributed by atoms with Crippen molar-refractivity contribution in [1.82, 2.24) is 0 Å². The molecule has 1 rings (SSSR count). The van der Waals surface area contributed by atoms with Gasteiger partial charge in [-0.05, 0) is 68.7 Å². The summed E-state index contributed by atoms with van der Waals surface area (Å²) in [6, 6.07) is 7.15. The molecule has 1 atom stereocenters. The van der Waals surface area contributed by atoms with Gasteiger partial charge < -0.3 is 0 Å². The van der Waals surface area contributed by atoms with E-state index in [1.165, 1.54) is 70.6 Å². The first-order valence-corrected chi connectivity index (χ1v) is 19.1. The van der Waals surface area contributed by atoms with Crippen molar-refractivity contribution in [3.63, 3.8) is 0 Å². The summed E-state index contributed by atoms with van der Waals surface area (Å²) in [7, 11) is -4.96. The second-order valence-electron chi connectivity index (χ2n) is 13.4. The van der Waals surface area contributed by atoms with Crippen molar-refractivity contribution in [1.29, 1.82) is 0 Å². The van der Waals surface area contributed by atoms with Crippen molar-refractivity contribution in [3.8, 4) is 0 Å².